The van der Waals surface area contributed by atoms with Crippen molar-refractivity contribution in [3.05, 3.63) is 18.3 Å². The van der Waals surface area contributed by atoms with Crippen molar-refractivity contribution < 1.29 is 14.3 Å². The van der Waals surface area contributed by atoms with Crippen LogP contribution in [-0.2, 0) is 14.3 Å². The van der Waals surface area contributed by atoms with Gasteiger partial charge in [-0.15, -0.1) is 24.8 Å². The Balaban J connectivity index is 0.00000182. The van der Waals surface area contributed by atoms with Crippen molar-refractivity contribution in [2.45, 2.75) is 38.8 Å². The van der Waals surface area contributed by atoms with Gasteiger partial charge < -0.3 is 25.4 Å². The van der Waals surface area contributed by atoms with Gasteiger partial charge in [0.15, 0.2) is 0 Å². The van der Waals surface area contributed by atoms with E-state index in [1.807, 2.05) is 32.9 Å². The molecule has 7 nitrogen and oxygen atoms in total. The topological polar surface area (TPSA) is 89.7 Å². The fourth-order valence-corrected chi connectivity index (χ4v) is 3.52. The molecule has 1 aliphatic carbocycles. The smallest absolute Gasteiger partial charge is 0.246 e. The van der Waals surface area contributed by atoms with Crippen LogP contribution in [0, 0.1) is 5.41 Å². The van der Waals surface area contributed by atoms with Gasteiger partial charge in [-0.05, 0) is 19.1 Å². The van der Waals surface area contributed by atoms with Crippen LogP contribution >= 0.6 is 24.8 Å². The summed E-state index contributed by atoms with van der Waals surface area (Å²) in [4.78, 5) is 19.3. The highest BCUT2D eigenvalue weighted by molar-refractivity contribution is 5.99. The van der Waals surface area contributed by atoms with Gasteiger partial charge >= 0.3 is 0 Å². The first-order valence-corrected chi connectivity index (χ1v) is 8.89. The molecule has 0 aromatic carbocycles. The molecule has 1 saturated heterocycles. The molecule has 2 atom stereocenters. The number of morpholine rings is 1. The number of hydrogen-bond acceptors (Lipinski definition) is 6. The molecule has 2 unspecified atom stereocenters. The van der Waals surface area contributed by atoms with Crippen LogP contribution in [0.4, 0.5) is 11.5 Å². The number of amides is 1. The van der Waals surface area contributed by atoms with Crippen molar-refractivity contribution in [1.82, 2.24) is 4.98 Å². The zero-order chi connectivity index (χ0) is 18.1. The Labute approximate surface area is 173 Å². The minimum absolute atomic E-state index is 0. The maximum Gasteiger partial charge on any atom is 0.246 e. The highest BCUT2D eigenvalue weighted by Gasteiger charge is 2.62. The van der Waals surface area contributed by atoms with Gasteiger partial charge in [-0.25, -0.2) is 4.98 Å². The van der Waals surface area contributed by atoms with Crippen LogP contribution in [-0.4, -0.2) is 55.4 Å². The number of hydrogen-bond donors (Lipinski definition) is 2. The molecule has 0 radical (unpaired) electrons. The van der Waals surface area contributed by atoms with Crippen LogP contribution in [0.2, 0.25) is 0 Å². The molecule has 1 saturated carbocycles. The molecule has 3 N–H and O–H groups in total. The summed E-state index contributed by atoms with van der Waals surface area (Å²) in [6.07, 6.45) is 2.30. The first-order valence-electron chi connectivity index (χ1n) is 8.89. The number of halogens is 2. The van der Waals surface area contributed by atoms with Crippen molar-refractivity contribution in [3.8, 4) is 0 Å². The minimum atomic E-state index is -0.947. The molecule has 1 aromatic heterocycles. The Morgan fingerprint density at radius 2 is 2.04 bits per heavy atom. The first kappa shape index (κ1) is 23.9. The summed E-state index contributed by atoms with van der Waals surface area (Å²) in [6, 6.07) is 3.78. The normalized spacial score (nSPS) is 26.2. The number of carbonyl (C=O) groups is 1. The highest BCUT2D eigenvalue weighted by Crippen LogP contribution is 2.50. The summed E-state index contributed by atoms with van der Waals surface area (Å²) < 4.78 is 11.0. The van der Waals surface area contributed by atoms with E-state index >= 15 is 0 Å². The fraction of sp³-hybridized carbons (Fsp3) is 0.667. The number of anilines is 2. The lowest BCUT2D eigenvalue weighted by atomic mass is 9.54. The molecule has 0 spiro atoms. The van der Waals surface area contributed by atoms with Gasteiger partial charge in [0.25, 0.3) is 0 Å². The van der Waals surface area contributed by atoms with Gasteiger partial charge in [0, 0.05) is 31.5 Å². The Morgan fingerprint density at radius 3 is 2.56 bits per heavy atom. The predicted octanol–water partition coefficient (Wildman–Crippen LogP) is 2.23. The van der Waals surface area contributed by atoms with Crippen molar-refractivity contribution in [3.63, 3.8) is 0 Å². The van der Waals surface area contributed by atoms with E-state index < -0.39 is 11.0 Å². The molecule has 2 fully saturated rings. The average molecular weight is 421 g/mol. The number of nitrogens with zero attached hydrogens (tertiary/aromatic N) is 2. The summed E-state index contributed by atoms with van der Waals surface area (Å²) in [5.41, 5.74) is 6.07. The summed E-state index contributed by atoms with van der Waals surface area (Å²) >= 11 is 0. The van der Waals surface area contributed by atoms with Crippen molar-refractivity contribution in [2.24, 2.45) is 11.1 Å². The standard InChI is InChI=1S/C18H28N4O3.2ClH/c1-4-25-14-11-18(19,17(14,2)3)16(23)21-15-6-5-13(12-20-15)22-7-9-24-10-8-22;;/h5-6,12,14H,4,7-11,19H2,1-3H3,(H,20,21,23);2*1H. The largest absolute Gasteiger partial charge is 0.378 e. The minimum Gasteiger partial charge on any atom is -0.378 e. The van der Waals surface area contributed by atoms with Crippen LogP contribution in [0.1, 0.15) is 27.2 Å². The number of pyridine rings is 1. The number of rotatable bonds is 5. The molecule has 1 amide bonds. The number of ether oxygens (including phenoxy) is 2. The lowest BCUT2D eigenvalue weighted by Crippen LogP contribution is -2.74. The van der Waals surface area contributed by atoms with Gasteiger partial charge in [-0.1, -0.05) is 13.8 Å². The second kappa shape index (κ2) is 9.39. The third kappa shape index (κ3) is 4.49. The second-order valence-electron chi connectivity index (χ2n) is 7.30. The number of nitrogens with two attached hydrogens (primary N) is 1. The molecule has 3 rings (SSSR count). The fourth-order valence-electron chi connectivity index (χ4n) is 3.52. The van der Waals surface area contributed by atoms with E-state index in [0.29, 0.717) is 18.8 Å². The Hall–Kier alpha value is -1.12. The van der Waals surface area contributed by atoms with Crippen LogP contribution in [0.15, 0.2) is 18.3 Å². The quantitative estimate of drug-likeness (QED) is 0.758. The SMILES string of the molecule is CCOC1CC(N)(C(=O)Nc2ccc(N3CCOCC3)cn2)C1(C)C.Cl.Cl. The summed E-state index contributed by atoms with van der Waals surface area (Å²) in [5, 5.41) is 2.86. The summed E-state index contributed by atoms with van der Waals surface area (Å²) in [6.45, 7) is 9.69. The molecule has 154 valence electrons. The summed E-state index contributed by atoms with van der Waals surface area (Å²) in [7, 11) is 0. The lowest BCUT2D eigenvalue weighted by molar-refractivity contribution is -0.166. The van der Waals surface area contributed by atoms with Crippen LogP contribution in [0.3, 0.4) is 0 Å². The van der Waals surface area contributed by atoms with Gasteiger partial charge in [-0.3, -0.25) is 4.79 Å². The van der Waals surface area contributed by atoms with E-state index in [-0.39, 0.29) is 36.8 Å². The summed E-state index contributed by atoms with van der Waals surface area (Å²) in [5.74, 6) is 0.308. The number of nitrogens with one attached hydrogen (secondary N) is 1. The Morgan fingerprint density at radius 1 is 1.37 bits per heavy atom. The average Bonchev–Trinajstić information content (AvgIpc) is 2.62. The van der Waals surface area contributed by atoms with E-state index in [4.69, 9.17) is 15.2 Å². The predicted molar refractivity (Wildman–Crippen MR) is 111 cm³/mol. The molecule has 9 heteroatoms. The zero-order valence-corrected chi connectivity index (χ0v) is 17.7. The molecule has 2 aliphatic rings. The van der Waals surface area contributed by atoms with Gasteiger partial charge in [0.05, 0.1) is 31.2 Å². The van der Waals surface area contributed by atoms with E-state index in [9.17, 15) is 4.79 Å². The van der Waals surface area contributed by atoms with E-state index in [1.54, 1.807) is 6.20 Å². The number of aromatic nitrogens is 1. The van der Waals surface area contributed by atoms with Crippen molar-refractivity contribution in [1.29, 1.82) is 0 Å². The monoisotopic (exact) mass is 420 g/mol. The third-order valence-electron chi connectivity index (χ3n) is 5.60. The molecule has 27 heavy (non-hydrogen) atoms. The molecule has 2 heterocycles. The number of carbonyl (C=O) groups excluding carboxylic acids is 1. The lowest BCUT2D eigenvalue weighted by Gasteiger charge is -2.57. The molecule has 0 bridgehead atoms. The molecular weight excluding hydrogens is 391 g/mol. The van der Waals surface area contributed by atoms with E-state index in [2.05, 4.69) is 15.2 Å². The Kier molecular flexibility index (Phi) is 8.31. The van der Waals surface area contributed by atoms with Crippen LogP contribution < -0.4 is 16.0 Å². The van der Waals surface area contributed by atoms with Gasteiger partial charge in [0.2, 0.25) is 5.91 Å². The van der Waals surface area contributed by atoms with Crippen molar-refractivity contribution in [2.75, 3.05) is 43.1 Å². The first-order chi connectivity index (χ1) is 11.9. The Bertz CT molecular complexity index is 624. The van der Waals surface area contributed by atoms with E-state index in [1.165, 1.54) is 0 Å². The van der Waals surface area contributed by atoms with Gasteiger partial charge in [-0.2, -0.15) is 0 Å². The zero-order valence-electron chi connectivity index (χ0n) is 16.1. The maximum absolute atomic E-state index is 12.7. The molecular formula is C18H30Cl2N4O3. The maximum atomic E-state index is 12.7. The second-order valence-corrected chi connectivity index (χ2v) is 7.30. The van der Waals surface area contributed by atoms with Crippen molar-refractivity contribution >= 4 is 42.2 Å². The third-order valence-corrected chi connectivity index (χ3v) is 5.60. The molecule has 1 aliphatic heterocycles. The van der Waals surface area contributed by atoms with E-state index in [0.717, 1.165) is 32.0 Å². The van der Waals surface area contributed by atoms with Crippen LogP contribution in [0.25, 0.3) is 0 Å². The molecule has 1 aromatic rings. The highest BCUT2D eigenvalue weighted by atomic mass is 35.5. The van der Waals surface area contributed by atoms with Crippen LogP contribution in [0.5, 0.6) is 0 Å². The van der Waals surface area contributed by atoms with Gasteiger partial charge in [0.1, 0.15) is 11.4 Å².